The van der Waals surface area contributed by atoms with E-state index in [4.69, 9.17) is 11.1 Å². The quantitative estimate of drug-likeness (QED) is 0.489. The molecule has 0 aliphatic heterocycles. The number of rotatable bonds is 1. The van der Waals surface area contributed by atoms with Crippen LogP contribution in [-0.4, -0.2) is 5.84 Å². The summed E-state index contributed by atoms with van der Waals surface area (Å²) in [7, 11) is 0. The van der Waals surface area contributed by atoms with Crippen molar-refractivity contribution in [2.45, 2.75) is 6.92 Å². The number of halogens is 1. The molecule has 0 radical (unpaired) electrons. The Balaban J connectivity index is 0.000001000. The van der Waals surface area contributed by atoms with Crippen molar-refractivity contribution in [2.24, 2.45) is 5.73 Å². The van der Waals surface area contributed by atoms with E-state index in [0.717, 1.165) is 11.1 Å². The van der Waals surface area contributed by atoms with E-state index < -0.39 is 0 Å². The largest absolute Gasteiger partial charge is 0.384 e. The Morgan fingerprint density at radius 2 is 1.91 bits per heavy atom. The summed E-state index contributed by atoms with van der Waals surface area (Å²) in [5, 5.41) is 7.15. The maximum absolute atomic E-state index is 7.15. The molecule has 0 heterocycles. The molecule has 3 N–H and O–H groups in total. The standard InChI is InChI=1S/C8H10N2.ClH/c1-6-4-2-3-5-7(6)8(9)10;/h2-5H,1H3,(H3,9,10);1H. The Hall–Kier alpha value is -1.02. The summed E-state index contributed by atoms with van der Waals surface area (Å²) in [5.74, 6) is 0.137. The molecular formula is C8H11ClN2. The Morgan fingerprint density at radius 3 is 2.27 bits per heavy atom. The van der Waals surface area contributed by atoms with Crippen LogP contribution < -0.4 is 5.73 Å². The van der Waals surface area contributed by atoms with Gasteiger partial charge >= 0.3 is 0 Å². The Labute approximate surface area is 72.3 Å². The lowest BCUT2D eigenvalue weighted by Crippen LogP contribution is -2.12. The zero-order valence-corrected chi connectivity index (χ0v) is 7.11. The Bertz CT molecular complexity index is 258. The molecule has 0 unspecified atom stereocenters. The molecule has 60 valence electrons. The molecule has 3 heteroatoms. The highest BCUT2D eigenvalue weighted by atomic mass is 35.5. The van der Waals surface area contributed by atoms with Gasteiger partial charge in [-0.1, -0.05) is 24.3 Å². The lowest BCUT2D eigenvalue weighted by molar-refractivity contribution is 1.37. The predicted octanol–water partition coefficient (Wildman–Crippen LogP) is 1.70. The summed E-state index contributed by atoms with van der Waals surface area (Å²) in [6, 6.07) is 7.60. The molecule has 11 heavy (non-hydrogen) atoms. The van der Waals surface area contributed by atoms with E-state index in [1.54, 1.807) is 0 Å². The summed E-state index contributed by atoms with van der Waals surface area (Å²) in [6.45, 7) is 1.94. The first-order chi connectivity index (χ1) is 4.72. The number of nitrogens with one attached hydrogen (secondary N) is 1. The molecule has 0 bridgehead atoms. The van der Waals surface area contributed by atoms with Crippen molar-refractivity contribution < 1.29 is 0 Å². The Morgan fingerprint density at radius 1 is 1.36 bits per heavy atom. The molecule has 0 aliphatic carbocycles. The van der Waals surface area contributed by atoms with Gasteiger partial charge in [-0.15, -0.1) is 12.4 Å². The van der Waals surface area contributed by atoms with Crippen molar-refractivity contribution in [3.63, 3.8) is 0 Å². The minimum Gasteiger partial charge on any atom is -0.384 e. The summed E-state index contributed by atoms with van der Waals surface area (Å²) in [5.41, 5.74) is 7.17. The van der Waals surface area contributed by atoms with Crippen LogP contribution in [0.15, 0.2) is 24.3 Å². The molecule has 0 saturated carbocycles. The minimum absolute atomic E-state index is 0. The van der Waals surface area contributed by atoms with Gasteiger partial charge in [0.2, 0.25) is 0 Å². The third kappa shape index (κ3) is 2.24. The van der Waals surface area contributed by atoms with E-state index in [0.29, 0.717) is 0 Å². The number of nitrogen functional groups attached to an aromatic ring is 1. The normalized spacial score (nSPS) is 8.45. The number of hydrogen-bond acceptors (Lipinski definition) is 1. The summed E-state index contributed by atoms with van der Waals surface area (Å²) in [6.07, 6.45) is 0. The van der Waals surface area contributed by atoms with E-state index in [1.807, 2.05) is 31.2 Å². The average molecular weight is 171 g/mol. The first kappa shape index (κ1) is 9.98. The SMILES string of the molecule is Cc1ccccc1C(=N)N.Cl. The maximum atomic E-state index is 7.15. The van der Waals surface area contributed by atoms with E-state index >= 15 is 0 Å². The number of amidine groups is 1. The molecule has 0 spiro atoms. The van der Waals surface area contributed by atoms with Gasteiger partial charge in [0.1, 0.15) is 5.84 Å². The third-order valence-corrected chi connectivity index (χ3v) is 1.44. The molecule has 0 saturated heterocycles. The number of nitrogens with two attached hydrogens (primary N) is 1. The number of benzene rings is 1. The molecule has 1 rings (SSSR count). The molecule has 0 aromatic heterocycles. The van der Waals surface area contributed by atoms with Crippen molar-refractivity contribution in [3.8, 4) is 0 Å². The van der Waals surface area contributed by atoms with Gasteiger partial charge < -0.3 is 5.73 Å². The monoisotopic (exact) mass is 170 g/mol. The van der Waals surface area contributed by atoms with Crippen molar-refractivity contribution in [1.82, 2.24) is 0 Å². The van der Waals surface area contributed by atoms with Gasteiger partial charge in [0.25, 0.3) is 0 Å². The second kappa shape index (κ2) is 3.98. The lowest BCUT2D eigenvalue weighted by Gasteiger charge is -2.00. The van der Waals surface area contributed by atoms with E-state index in [-0.39, 0.29) is 18.2 Å². The van der Waals surface area contributed by atoms with E-state index in [1.165, 1.54) is 0 Å². The zero-order chi connectivity index (χ0) is 7.56. The summed E-state index contributed by atoms with van der Waals surface area (Å²) < 4.78 is 0. The molecular weight excluding hydrogens is 160 g/mol. The summed E-state index contributed by atoms with van der Waals surface area (Å²) >= 11 is 0. The molecule has 0 fully saturated rings. The fourth-order valence-corrected chi connectivity index (χ4v) is 0.875. The van der Waals surface area contributed by atoms with Crippen LogP contribution in [0.1, 0.15) is 11.1 Å². The molecule has 1 aromatic carbocycles. The first-order valence-corrected chi connectivity index (χ1v) is 3.12. The molecule has 0 atom stereocenters. The third-order valence-electron chi connectivity index (χ3n) is 1.44. The van der Waals surface area contributed by atoms with Gasteiger partial charge in [-0.25, -0.2) is 0 Å². The Kier molecular flexibility index (Phi) is 3.61. The van der Waals surface area contributed by atoms with Crippen LogP contribution in [0.5, 0.6) is 0 Å². The second-order valence-corrected chi connectivity index (χ2v) is 2.23. The number of aryl methyl sites for hydroxylation is 1. The smallest absolute Gasteiger partial charge is 0.123 e. The van der Waals surface area contributed by atoms with Gasteiger partial charge in [-0.2, -0.15) is 0 Å². The van der Waals surface area contributed by atoms with Crippen molar-refractivity contribution in [1.29, 1.82) is 5.41 Å². The molecule has 0 aliphatic rings. The van der Waals surface area contributed by atoms with Gasteiger partial charge in [0.05, 0.1) is 0 Å². The van der Waals surface area contributed by atoms with Crippen LogP contribution in [0, 0.1) is 12.3 Å². The maximum Gasteiger partial charge on any atom is 0.123 e. The van der Waals surface area contributed by atoms with E-state index in [2.05, 4.69) is 0 Å². The number of hydrogen-bond donors (Lipinski definition) is 2. The van der Waals surface area contributed by atoms with Crippen LogP contribution in [0.25, 0.3) is 0 Å². The van der Waals surface area contributed by atoms with E-state index in [9.17, 15) is 0 Å². The van der Waals surface area contributed by atoms with Crippen molar-refractivity contribution in [2.75, 3.05) is 0 Å². The highest BCUT2D eigenvalue weighted by Gasteiger charge is 1.96. The van der Waals surface area contributed by atoms with Gasteiger partial charge in [-0.05, 0) is 12.5 Å². The van der Waals surface area contributed by atoms with Crippen LogP contribution in [0.2, 0.25) is 0 Å². The van der Waals surface area contributed by atoms with Crippen molar-refractivity contribution in [3.05, 3.63) is 35.4 Å². The second-order valence-electron chi connectivity index (χ2n) is 2.23. The van der Waals surface area contributed by atoms with Crippen LogP contribution in [-0.2, 0) is 0 Å². The summed E-state index contributed by atoms with van der Waals surface area (Å²) in [4.78, 5) is 0. The lowest BCUT2D eigenvalue weighted by atomic mass is 10.1. The molecule has 2 nitrogen and oxygen atoms in total. The van der Waals surface area contributed by atoms with Crippen molar-refractivity contribution >= 4 is 18.2 Å². The molecule has 0 amide bonds. The average Bonchev–Trinajstić information content (AvgIpc) is 1.88. The highest BCUT2D eigenvalue weighted by molar-refractivity contribution is 5.96. The first-order valence-electron chi connectivity index (χ1n) is 3.12. The van der Waals surface area contributed by atoms with Gasteiger partial charge in [-0.3, -0.25) is 5.41 Å². The van der Waals surface area contributed by atoms with Crippen LogP contribution in [0.3, 0.4) is 0 Å². The van der Waals surface area contributed by atoms with Crippen LogP contribution in [0.4, 0.5) is 0 Å². The zero-order valence-electron chi connectivity index (χ0n) is 6.29. The fraction of sp³-hybridized carbons (Fsp3) is 0.125. The fourth-order valence-electron chi connectivity index (χ4n) is 0.875. The highest BCUT2D eigenvalue weighted by Crippen LogP contribution is 2.04. The topological polar surface area (TPSA) is 49.9 Å². The van der Waals surface area contributed by atoms with Gasteiger partial charge in [0.15, 0.2) is 0 Å². The van der Waals surface area contributed by atoms with Crippen LogP contribution >= 0.6 is 12.4 Å². The molecule has 1 aromatic rings. The predicted molar refractivity (Wildman–Crippen MR) is 49.4 cm³/mol. The minimum atomic E-state index is 0. The van der Waals surface area contributed by atoms with Gasteiger partial charge in [0, 0.05) is 5.56 Å².